The number of nitrogens with zero attached hydrogens (tertiary/aromatic N) is 4. The molecule has 0 atom stereocenters. The molecule has 0 aliphatic carbocycles. The minimum Gasteiger partial charge on any atom is -0.455 e. The van der Waals surface area contributed by atoms with Crippen LogP contribution >= 0.6 is 0 Å². The van der Waals surface area contributed by atoms with Crippen LogP contribution in [0.25, 0.3) is 83.6 Å². The first kappa shape index (κ1) is 29.4. The summed E-state index contributed by atoms with van der Waals surface area (Å²) < 4.78 is 9.10. The highest BCUT2D eigenvalue weighted by Crippen LogP contribution is 2.38. The van der Waals surface area contributed by atoms with Crippen LogP contribution < -0.4 is 27.3 Å². The Bertz CT molecular complexity index is 2710. The molecule has 0 N–H and O–H groups in total. The summed E-state index contributed by atoms with van der Waals surface area (Å²) in [7, 11) is 10.9. The SMILES string of the molecule is Bc1c(B)c(B)c(-c2nc(-c3ccccc3)nc(-c3cccc4c3oc3cc(-n5c6ccccc6c6ccccc65)ccc34)n2)c(B)c1B. The molecule has 0 aliphatic heterocycles. The second kappa shape index (κ2) is 11.2. The molecule has 0 fully saturated rings. The number of benzene rings is 6. The molecule has 0 bridgehead atoms. The Morgan fingerprint density at radius 1 is 0.469 bits per heavy atom. The van der Waals surface area contributed by atoms with Gasteiger partial charge in [0.15, 0.2) is 17.5 Å². The van der Waals surface area contributed by atoms with Crippen LogP contribution in [0.5, 0.6) is 0 Å². The molecule has 0 amide bonds. The molecule has 0 saturated carbocycles. The quantitative estimate of drug-likeness (QED) is 0.277. The van der Waals surface area contributed by atoms with Crippen molar-refractivity contribution < 1.29 is 4.42 Å². The van der Waals surface area contributed by atoms with Crippen molar-refractivity contribution in [3.05, 3.63) is 115 Å². The van der Waals surface area contributed by atoms with E-state index in [2.05, 4.69) is 129 Å². The van der Waals surface area contributed by atoms with Crippen molar-refractivity contribution in [3.63, 3.8) is 0 Å². The predicted molar refractivity (Wildman–Crippen MR) is 219 cm³/mol. The zero-order valence-electron chi connectivity index (χ0n) is 28.2. The van der Waals surface area contributed by atoms with Gasteiger partial charge in [-0.15, -0.1) is 16.4 Å². The zero-order chi connectivity index (χ0) is 33.4. The standard InChI is InChI=1S/C39H29B5N4O/c40-31-30(32(41)34(43)35(44)33(31)42)39-46-37(20-9-2-1-3-10-20)45-38(47-39)26-14-8-13-25-24-18-17-21(19-29(24)49-36(25)26)48-27-15-6-4-11-22(27)23-12-5-7-16-28(23)48/h1-19H,40-44H2. The van der Waals surface area contributed by atoms with E-state index < -0.39 is 0 Å². The second-order valence-electron chi connectivity index (χ2n) is 13.0. The Hall–Kier alpha value is -5.75. The van der Waals surface area contributed by atoms with E-state index >= 15 is 0 Å². The number of fused-ring (bicyclic) bond motifs is 6. The number of aromatic nitrogens is 4. The minimum absolute atomic E-state index is 0.589. The van der Waals surface area contributed by atoms with Gasteiger partial charge in [-0.2, -0.15) is 0 Å². The van der Waals surface area contributed by atoms with E-state index in [1.165, 1.54) is 38.1 Å². The lowest BCUT2D eigenvalue weighted by atomic mass is 9.60. The molecule has 10 heteroatoms. The summed E-state index contributed by atoms with van der Waals surface area (Å²) in [5.74, 6) is 1.90. The topological polar surface area (TPSA) is 56.7 Å². The predicted octanol–water partition coefficient (Wildman–Crippen LogP) is 1.16. The van der Waals surface area contributed by atoms with E-state index in [9.17, 15) is 0 Å². The van der Waals surface area contributed by atoms with Crippen LogP contribution in [0.1, 0.15) is 0 Å². The summed E-state index contributed by atoms with van der Waals surface area (Å²) >= 11 is 0. The Kier molecular flexibility index (Phi) is 6.70. The number of furan rings is 1. The Morgan fingerprint density at radius 3 is 1.73 bits per heavy atom. The van der Waals surface area contributed by atoms with E-state index in [4.69, 9.17) is 19.4 Å². The Balaban J connectivity index is 1.27. The van der Waals surface area contributed by atoms with Gasteiger partial charge in [-0.25, -0.2) is 15.0 Å². The molecule has 3 heterocycles. The maximum absolute atomic E-state index is 6.78. The van der Waals surface area contributed by atoms with Crippen molar-refractivity contribution in [1.29, 1.82) is 0 Å². The van der Waals surface area contributed by atoms with Gasteiger partial charge >= 0.3 is 0 Å². The molecule has 5 nitrogen and oxygen atoms in total. The van der Waals surface area contributed by atoms with Gasteiger partial charge in [-0.05, 0) is 30.3 Å². The van der Waals surface area contributed by atoms with Crippen LogP contribution in [-0.4, -0.2) is 58.8 Å². The molecule has 9 rings (SSSR count). The first-order valence-corrected chi connectivity index (χ1v) is 16.7. The molecule has 0 radical (unpaired) electrons. The van der Waals surface area contributed by atoms with Gasteiger partial charge in [0, 0.05) is 44.4 Å². The number of rotatable bonds is 4. The zero-order valence-corrected chi connectivity index (χ0v) is 28.2. The van der Waals surface area contributed by atoms with Crippen LogP contribution in [0.15, 0.2) is 120 Å². The molecule has 9 aromatic rings. The molecular weight excluding hydrogens is 595 g/mol. The second-order valence-corrected chi connectivity index (χ2v) is 13.0. The van der Waals surface area contributed by atoms with Gasteiger partial charge < -0.3 is 8.98 Å². The highest BCUT2D eigenvalue weighted by atomic mass is 16.3. The molecule has 0 unspecified atom stereocenters. The van der Waals surface area contributed by atoms with Gasteiger partial charge in [0.1, 0.15) is 50.4 Å². The average molecular weight is 624 g/mol. The lowest BCUT2D eigenvalue weighted by Crippen LogP contribution is -2.55. The highest BCUT2D eigenvalue weighted by molar-refractivity contribution is 6.68. The van der Waals surface area contributed by atoms with Gasteiger partial charge in [-0.1, -0.05) is 89.8 Å². The van der Waals surface area contributed by atoms with E-state index in [0.717, 1.165) is 55.3 Å². The maximum atomic E-state index is 6.78. The summed E-state index contributed by atoms with van der Waals surface area (Å²) in [5.41, 5.74) is 14.0. The van der Waals surface area contributed by atoms with Crippen LogP contribution in [0.2, 0.25) is 0 Å². The fourth-order valence-electron chi connectivity index (χ4n) is 7.46. The fourth-order valence-corrected chi connectivity index (χ4v) is 7.46. The van der Waals surface area contributed by atoms with Gasteiger partial charge in [0.2, 0.25) is 0 Å². The molecule has 0 spiro atoms. The van der Waals surface area contributed by atoms with Crippen molar-refractivity contribution in [3.8, 4) is 39.9 Å². The van der Waals surface area contributed by atoms with Crippen LogP contribution in [-0.2, 0) is 0 Å². The summed E-state index contributed by atoms with van der Waals surface area (Å²) in [6, 6.07) is 40.0. The molecule has 0 aliphatic rings. The van der Waals surface area contributed by atoms with Gasteiger partial charge in [0.25, 0.3) is 0 Å². The molecule has 3 aromatic heterocycles. The number of hydrogen-bond acceptors (Lipinski definition) is 4. The van der Waals surface area contributed by atoms with E-state index in [1.807, 2.05) is 30.3 Å². The van der Waals surface area contributed by atoms with Gasteiger partial charge in [0.05, 0.1) is 16.6 Å². The number of para-hydroxylation sites is 3. The largest absolute Gasteiger partial charge is 0.455 e. The van der Waals surface area contributed by atoms with Crippen molar-refractivity contribution >= 4 is 110 Å². The lowest BCUT2D eigenvalue weighted by Gasteiger charge is -2.20. The summed E-state index contributed by atoms with van der Waals surface area (Å²) in [6.45, 7) is 0. The van der Waals surface area contributed by atoms with E-state index in [-0.39, 0.29) is 0 Å². The Morgan fingerprint density at radius 2 is 1.04 bits per heavy atom. The lowest BCUT2D eigenvalue weighted by molar-refractivity contribution is 0.669. The van der Waals surface area contributed by atoms with Crippen LogP contribution in [0.4, 0.5) is 0 Å². The monoisotopic (exact) mass is 624 g/mol. The van der Waals surface area contributed by atoms with E-state index in [1.54, 1.807) is 0 Å². The molecular formula is C39H29B5N4O. The molecule has 0 saturated heterocycles. The fraction of sp³-hybridized carbons (Fsp3) is 0. The first-order chi connectivity index (χ1) is 23.9. The van der Waals surface area contributed by atoms with Crippen LogP contribution in [0.3, 0.4) is 0 Å². The average Bonchev–Trinajstić information content (AvgIpc) is 3.69. The number of hydrogen-bond donors (Lipinski definition) is 0. The molecule has 6 aromatic carbocycles. The van der Waals surface area contributed by atoms with Crippen LogP contribution in [0, 0.1) is 0 Å². The Labute approximate surface area is 288 Å². The third-order valence-electron chi connectivity index (χ3n) is 10.5. The highest BCUT2D eigenvalue weighted by Gasteiger charge is 2.21. The van der Waals surface area contributed by atoms with Crippen molar-refractivity contribution in [2.75, 3.05) is 0 Å². The van der Waals surface area contributed by atoms with Crippen molar-refractivity contribution in [2.24, 2.45) is 0 Å². The first-order valence-electron chi connectivity index (χ1n) is 16.7. The summed E-state index contributed by atoms with van der Waals surface area (Å²) in [4.78, 5) is 15.4. The summed E-state index contributed by atoms with van der Waals surface area (Å²) in [5, 5.41) is 4.54. The summed E-state index contributed by atoms with van der Waals surface area (Å²) in [6.07, 6.45) is 0. The van der Waals surface area contributed by atoms with E-state index in [0.29, 0.717) is 17.5 Å². The normalized spacial score (nSPS) is 11.7. The third-order valence-corrected chi connectivity index (χ3v) is 10.5. The smallest absolute Gasteiger partial charge is 0.167 e. The minimum atomic E-state index is 0.589. The van der Waals surface area contributed by atoms with Crippen molar-refractivity contribution in [1.82, 2.24) is 19.5 Å². The van der Waals surface area contributed by atoms with Gasteiger partial charge in [-0.3, -0.25) is 0 Å². The van der Waals surface area contributed by atoms with Crippen molar-refractivity contribution in [2.45, 2.75) is 0 Å². The maximum Gasteiger partial charge on any atom is 0.167 e. The third kappa shape index (κ3) is 4.51. The molecule has 226 valence electrons. The molecule has 49 heavy (non-hydrogen) atoms.